The van der Waals surface area contributed by atoms with Crippen molar-refractivity contribution in [1.29, 1.82) is 0 Å². The summed E-state index contributed by atoms with van der Waals surface area (Å²) in [5.74, 6) is -0.286. The van der Waals surface area contributed by atoms with Gasteiger partial charge < -0.3 is 10.1 Å². The quantitative estimate of drug-likeness (QED) is 0.467. The average molecular weight is 526 g/mol. The summed E-state index contributed by atoms with van der Waals surface area (Å²) in [7, 11) is -3.74. The van der Waals surface area contributed by atoms with E-state index in [0.717, 1.165) is 11.1 Å². The van der Waals surface area contributed by atoms with E-state index in [1.807, 2.05) is 24.3 Å². The maximum Gasteiger partial charge on any atom is 0.262 e. The van der Waals surface area contributed by atoms with E-state index in [-0.39, 0.29) is 27.3 Å². The molecule has 0 saturated heterocycles. The first kappa shape index (κ1) is 23.9. The summed E-state index contributed by atoms with van der Waals surface area (Å²) in [6, 6.07) is 16.8. The molecule has 0 unspecified atom stereocenters. The second-order valence-corrected chi connectivity index (χ2v) is 10.5. The molecule has 1 aliphatic heterocycles. The Labute approximate surface area is 207 Å². The molecule has 0 aliphatic carbocycles. The zero-order chi connectivity index (χ0) is 23.6. The number of rotatable bonds is 6. The predicted octanol–water partition coefficient (Wildman–Crippen LogP) is 5.41. The van der Waals surface area contributed by atoms with Gasteiger partial charge in [-0.05, 0) is 47.9 Å². The monoisotopic (exact) mass is 524 g/mol. The third-order valence-electron chi connectivity index (χ3n) is 5.22. The first-order chi connectivity index (χ1) is 15.8. The lowest BCUT2D eigenvalue weighted by molar-refractivity contribution is -0.118. The second kappa shape index (κ2) is 9.91. The zero-order valence-electron chi connectivity index (χ0n) is 17.2. The number of benzene rings is 3. The Morgan fingerprint density at radius 2 is 1.73 bits per heavy atom. The summed E-state index contributed by atoms with van der Waals surface area (Å²) in [5.41, 5.74) is 2.50. The van der Waals surface area contributed by atoms with Crippen LogP contribution >= 0.6 is 34.8 Å². The van der Waals surface area contributed by atoms with Gasteiger partial charge in [-0.3, -0.25) is 4.79 Å². The number of hydrogen-bond donors (Lipinski definition) is 1. The molecule has 1 amide bonds. The third kappa shape index (κ3) is 5.28. The summed E-state index contributed by atoms with van der Waals surface area (Å²) >= 11 is 18.3. The molecule has 0 radical (unpaired) electrons. The Morgan fingerprint density at radius 1 is 0.970 bits per heavy atom. The second-order valence-electron chi connectivity index (χ2n) is 7.39. The maximum absolute atomic E-state index is 13.1. The Balaban J connectivity index is 1.42. The first-order valence-corrected chi connectivity index (χ1v) is 12.6. The molecule has 0 spiro atoms. The number of nitrogens with one attached hydrogen (secondary N) is 1. The number of nitrogens with zero attached hydrogens (tertiary/aromatic N) is 1. The van der Waals surface area contributed by atoms with Crippen molar-refractivity contribution < 1.29 is 17.9 Å². The number of carbonyl (C=O) groups is 1. The van der Waals surface area contributed by atoms with Crippen molar-refractivity contribution in [2.75, 3.05) is 18.5 Å². The smallest absolute Gasteiger partial charge is 0.262 e. The lowest BCUT2D eigenvalue weighted by Gasteiger charge is -2.28. The van der Waals surface area contributed by atoms with Gasteiger partial charge in [0.25, 0.3) is 5.91 Å². The van der Waals surface area contributed by atoms with E-state index in [9.17, 15) is 13.2 Å². The van der Waals surface area contributed by atoms with Gasteiger partial charge in [-0.25, -0.2) is 8.42 Å². The van der Waals surface area contributed by atoms with Crippen LogP contribution in [-0.2, 0) is 27.8 Å². The van der Waals surface area contributed by atoms with Crippen LogP contribution in [-0.4, -0.2) is 31.8 Å². The van der Waals surface area contributed by atoms with Crippen molar-refractivity contribution in [2.45, 2.75) is 17.9 Å². The van der Waals surface area contributed by atoms with Crippen LogP contribution in [0, 0.1) is 0 Å². The van der Waals surface area contributed by atoms with Crippen molar-refractivity contribution in [1.82, 2.24) is 4.31 Å². The molecule has 4 rings (SSSR count). The predicted molar refractivity (Wildman–Crippen MR) is 130 cm³/mol. The van der Waals surface area contributed by atoms with Crippen molar-refractivity contribution in [3.8, 4) is 5.75 Å². The Bertz CT molecular complexity index is 1310. The molecule has 0 aromatic heterocycles. The van der Waals surface area contributed by atoms with Crippen LogP contribution < -0.4 is 10.1 Å². The molecule has 6 nitrogen and oxygen atoms in total. The average Bonchev–Trinajstić information content (AvgIpc) is 2.81. The van der Waals surface area contributed by atoms with Gasteiger partial charge >= 0.3 is 0 Å². The fourth-order valence-electron chi connectivity index (χ4n) is 3.51. The van der Waals surface area contributed by atoms with Gasteiger partial charge in [0.15, 0.2) is 6.61 Å². The van der Waals surface area contributed by atoms with E-state index in [1.165, 1.54) is 22.5 Å². The molecule has 1 aliphatic rings. The number of fused-ring (bicyclic) bond motifs is 1. The Hall–Kier alpha value is -2.29. The summed E-state index contributed by atoms with van der Waals surface area (Å²) in [4.78, 5) is 12.3. The molecule has 172 valence electrons. The van der Waals surface area contributed by atoms with Gasteiger partial charge in [-0.1, -0.05) is 65.1 Å². The van der Waals surface area contributed by atoms with E-state index < -0.39 is 15.9 Å². The molecular formula is C23H19Cl3N2O4S. The Kier molecular flexibility index (Phi) is 7.16. The fraction of sp³-hybridized carbons (Fsp3) is 0.174. The number of halogens is 3. The molecule has 3 aromatic carbocycles. The lowest BCUT2D eigenvalue weighted by atomic mass is 10.0. The molecule has 0 atom stereocenters. The highest BCUT2D eigenvalue weighted by molar-refractivity contribution is 7.89. The van der Waals surface area contributed by atoms with Gasteiger partial charge in [0.1, 0.15) is 5.75 Å². The highest BCUT2D eigenvalue weighted by Gasteiger charge is 2.28. The first-order valence-electron chi connectivity index (χ1n) is 9.99. The number of amides is 1. The normalized spacial score (nSPS) is 13.9. The minimum atomic E-state index is -3.74. The molecular weight excluding hydrogens is 507 g/mol. The molecule has 10 heteroatoms. The van der Waals surface area contributed by atoms with Gasteiger partial charge in [0.05, 0.1) is 25.7 Å². The van der Waals surface area contributed by atoms with E-state index >= 15 is 0 Å². The molecule has 1 heterocycles. The van der Waals surface area contributed by atoms with Crippen molar-refractivity contribution in [3.05, 3.63) is 86.9 Å². The van der Waals surface area contributed by atoms with Crippen LogP contribution in [0.25, 0.3) is 0 Å². The number of hydrogen-bond acceptors (Lipinski definition) is 4. The largest absolute Gasteiger partial charge is 0.482 e. The van der Waals surface area contributed by atoms with Crippen molar-refractivity contribution >= 4 is 56.4 Å². The van der Waals surface area contributed by atoms with Crippen LogP contribution in [0.2, 0.25) is 15.1 Å². The molecule has 0 fully saturated rings. The topological polar surface area (TPSA) is 75.7 Å². The van der Waals surface area contributed by atoms with Gasteiger partial charge in [-0.15, -0.1) is 0 Å². The van der Waals surface area contributed by atoms with Crippen LogP contribution in [0.3, 0.4) is 0 Å². The highest BCUT2D eigenvalue weighted by atomic mass is 35.5. The minimum absolute atomic E-state index is 0.0643. The van der Waals surface area contributed by atoms with Crippen molar-refractivity contribution in [2.24, 2.45) is 0 Å². The summed E-state index contributed by atoms with van der Waals surface area (Å²) in [6.07, 6.45) is 0.649. The van der Waals surface area contributed by atoms with E-state index in [4.69, 9.17) is 39.5 Å². The number of ether oxygens (including phenoxy) is 1. The lowest BCUT2D eigenvalue weighted by Crippen LogP contribution is -2.35. The van der Waals surface area contributed by atoms with Crippen LogP contribution in [0.1, 0.15) is 11.1 Å². The molecule has 0 bridgehead atoms. The van der Waals surface area contributed by atoms with E-state index in [2.05, 4.69) is 5.32 Å². The fourth-order valence-corrected chi connectivity index (χ4v) is 5.61. The van der Waals surface area contributed by atoms with E-state index in [1.54, 1.807) is 18.2 Å². The minimum Gasteiger partial charge on any atom is -0.482 e. The number of anilines is 1. The number of sulfonamides is 1. The third-order valence-corrected chi connectivity index (χ3v) is 8.18. The Morgan fingerprint density at radius 3 is 2.48 bits per heavy atom. The van der Waals surface area contributed by atoms with Gasteiger partial charge in [0, 0.05) is 13.1 Å². The van der Waals surface area contributed by atoms with Gasteiger partial charge in [-0.2, -0.15) is 4.31 Å². The number of carbonyl (C=O) groups excluding carboxylic acids is 1. The highest BCUT2D eigenvalue weighted by Crippen LogP contribution is 2.32. The molecule has 1 N–H and O–H groups in total. The standard InChI is InChI=1S/C23H19Cl3N2O4S/c24-18-6-3-7-20(23(18)26)27-22(29)14-32-21-9-8-17(12-19(21)25)33(30,31)28-11-10-15-4-1-2-5-16(15)13-28/h1-9,12H,10-11,13-14H2,(H,27,29). The van der Waals surface area contributed by atoms with Crippen LogP contribution in [0.4, 0.5) is 5.69 Å². The summed E-state index contributed by atoms with van der Waals surface area (Å²) < 4.78 is 33.2. The van der Waals surface area contributed by atoms with Gasteiger partial charge in [0.2, 0.25) is 10.0 Å². The van der Waals surface area contributed by atoms with E-state index in [0.29, 0.717) is 30.2 Å². The summed E-state index contributed by atoms with van der Waals surface area (Å²) in [6.45, 7) is 0.347. The molecule has 33 heavy (non-hydrogen) atoms. The maximum atomic E-state index is 13.1. The summed E-state index contributed by atoms with van der Waals surface area (Å²) in [5, 5.41) is 3.22. The SMILES string of the molecule is O=C(COc1ccc(S(=O)(=O)N2CCc3ccccc3C2)cc1Cl)Nc1cccc(Cl)c1Cl. The van der Waals surface area contributed by atoms with Crippen LogP contribution in [0.15, 0.2) is 65.6 Å². The van der Waals surface area contributed by atoms with Crippen molar-refractivity contribution in [3.63, 3.8) is 0 Å². The molecule has 0 saturated carbocycles. The van der Waals surface area contributed by atoms with Crippen LogP contribution in [0.5, 0.6) is 5.75 Å². The molecule has 3 aromatic rings. The zero-order valence-corrected chi connectivity index (χ0v) is 20.3.